The zero-order chi connectivity index (χ0) is 17.6. The van der Waals surface area contributed by atoms with E-state index < -0.39 is 5.97 Å². The van der Waals surface area contributed by atoms with Gasteiger partial charge in [-0.05, 0) is 51.6 Å². The molecular formula is C18H27N5O2. The summed E-state index contributed by atoms with van der Waals surface area (Å²) in [5.41, 5.74) is 2.60. The normalized spacial score (nSPS) is 22.0. The quantitative estimate of drug-likeness (QED) is 0.836. The number of carbonyl (C=O) groups is 1. The maximum atomic E-state index is 11.0. The van der Waals surface area contributed by atoms with Crippen molar-refractivity contribution in [2.45, 2.75) is 50.0 Å². The van der Waals surface area contributed by atoms with E-state index in [1.165, 1.54) is 24.1 Å². The van der Waals surface area contributed by atoms with Crippen LogP contribution in [0.15, 0.2) is 0 Å². The van der Waals surface area contributed by atoms with E-state index in [0.29, 0.717) is 6.04 Å². The third-order valence-corrected chi connectivity index (χ3v) is 5.84. The topological polar surface area (TPSA) is 81.6 Å². The second kappa shape index (κ2) is 6.12. The van der Waals surface area contributed by atoms with Gasteiger partial charge in [-0.25, -0.2) is 4.98 Å². The first kappa shape index (κ1) is 16.6. The number of hydrogen-bond acceptors (Lipinski definition) is 6. The van der Waals surface area contributed by atoms with Gasteiger partial charge >= 0.3 is 5.97 Å². The van der Waals surface area contributed by atoms with Crippen LogP contribution in [0, 0.1) is 0 Å². The van der Waals surface area contributed by atoms with Gasteiger partial charge in [0.15, 0.2) is 0 Å². The highest BCUT2D eigenvalue weighted by Gasteiger charge is 2.44. The van der Waals surface area contributed by atoms with Crippen LogP contribution in [-0.4, -0.2) is 65.7 Å². The zero-order valence-electron chi connectivity index (χ0n) is 15.1. The number of aliphatic carboxylic acids is 1. The molecule has 2 aliphatic carbocycles. The maximum absolute atomic E-state index is 11.0. The lowest BCUT2D eigenvalue weighted by Crippen LogP contribution is -2.43. The van der Waals surface area contributed by atoms with Crippen molar-refractivity contribution in [2.75, 3.05) is 43.9 Å². The molecule has 136 valence electrons. The lowest BCUT2D eigenvalue weighted by atomic mass is 9.76. The average Bonchev–Trinajstić information content (AvgIpc) is 3.31. The fraction of sp³-hybridized carbons (Fsp3) is 0.722. The van der Waals surface area contributed by atoms with Crippen LogP contribution in [0.4, 0.5) is 11.8 Å². The first-order valence-electron chi connectivity index (χ1n) is 9.26. The van der Waals surface area contributed by atoms with Crippen LogP contribution in [0.25, 0.3) is 0 Å². The Hall–Kier alpha value is -1.89. The number of fused-ring (bicyclic) bond motifs is 2. The van der Waals surface area contributed by atoms with Crippen molar-refractivity contribution in [1.29, 1.82) is 0 Å². The van der Waals surface area contributed by atoms with Crippen LogP contribution in [0.3, 0.4) is 0 Å². The summed E-state index contributed by atoms with van der Waals surface area (Å²) in [5, 5.41) is 12.6. The Kier molecular flexibility index (Phi) is 4.06. The van der Waals surface area contributed by atoms with Crippen LogP contribution in [0.2, 0.25) is 0 Å². The fourth-order valence-electron chi connectivity index (χ4n) is 4.19. The van der Waals surface area contributed by atoms with Crippen molar-refractivity contribution in [3.05, 3.63) is 11.3 Å². The van der Waals surface area contributed by atoms with Crippen LogP contribution in [0.5, 0.6) is 0 Å². The SMILES string of the molecule is CN(C)c1nc(NC2CC2)c2c(n1)C1(CC2)CCN(CC(=O)O)CC1. The number of likely N-dealkylation sites (tertiary alicyclic amines) is 1. The molecule has 0 aromatic carbocycles. The van der Waals surface area contributed by atoms with Crippen LogP contribution in [-0.2, 0) is 16.6 Å². The van der Waals surface area contributed by atoms with Crippen molar-refractivity contribution in [3.8, 4) is 0 Å². The summed E-state index contributed by atoms with van der Waals surface area (Å²) >= 11 is 0. The van der Waals surface area contributed by atoms with Crippen molar-refractivity contribution in [2.24, 2.45) is 0 Å². The smallest absolute Gasteiger partial charge is 0.317 e. The monoisotopic (exact) mass is 345 g/mol. The first-order valence-corrected chi connectivity index (χ1v) is 9.26. The lowest BCUT2D eigenvalue weighted by molar-refractivity contribution is -0.138. The Morgan fingerprint density at radius 1 is 1.28 bits per heavy atom. The van der Waals surface area contributed by atoms with Crippen LogP contribution < -0.4 is 10.2 Å². The number of carboxylic acids is 1. The van der Waals surface area contributed by atoms with Gasteiger partial charge in [0.05, 0.1) is 12.2 Å². The minimum Gasteiger partial charge on any atom is -0.480 e. The molecule has 1 saturated carbocycles. The number of carboxylic acid groups (broad SMARTS) is 1. The summed E-state index contributed by atoms with van der Waals surface area (Å²) in [6, 6.07) is 0.572. The number of aromatic nitrogens is 2. The molecule has 1 aliphatic heterocycles. The maximum Gasteiger partial charge on any atom is 0.317 e. The van der Waals surface area contributed by atoms with Crippen LogP contribution >= 0.6 is 0 Å². The number of piperidine rings is 1. The van der Waals surface area contributed by atoms with E-state index in [1.54, 1.807) is 0 Å². The molecule has 2 N–H and O–H groups in total. The minimum absolute atomic E-state index is 0.0953. The van der Waals surface area contributed by atoms with E-state index in [0.717, 1.165) is 50.5 Å². The van der Waals surface area contributed by atoms with Crippen molar-refractivity contribution in [3.63, 3.8) is 0 Å². The number of hydrogen-bond donors (Lipinski definition) is 2. The predicted octanol–water partition coefficient (Wildman–Crippen LogP) is 1.48. The highest BCUT2D eigenvalue weighted by atomic mass is 16.4. The summed E-state index contributed by atoms with van der Waals surface area (Å²) < 4.78 is 0. The molecular weight excluding hydrogens is 318 g/mol. The molecule has 1 saturated heterocycles. The van der Waals surface area contributed by atoms with Gasteiger partial charge in [-0.2, -0.15) is 4.98 Å². The molecule has 1 aromatic heterocycles. The third kappa shape index (κ3) is 3.17. The Balaban J connectivity index is 1.62. The van der Waals surface area contributed by atoms with Gasteiger partial charge in [-0.1, -0.05) is 0 Å². The van der Waals surface area contributed by atoms with Gasteiger partial charge in [-0.15, -0.1) is 0 Å². The Bertz CT molecular complexity index is 678. The molecule has 25 heavy (non-hydrogen) atoms. The number of anilines is 2. The van der Waals surface area contributed by atoms with E-state index >= 15 is 0 Å². The van der Waals surface area contributed by atoms with Gasteiger partial charge in [-0.3, -0.25) is 9.69 Å². The Morgan fingerprint density at radius 2 is 2.00 bits per heavy atom. The van der Waals surface area contributed by atoms with Gasteiger partial charge < -0.3 is 15.3 Å². The van der Waals surface area contributed by atoms with Crippen molar-refractivity contribution < 1.29 is 9.90 Å². The lowest BCUT2D eigenvalue weighted by Gasteiger charge is -2.39. The van der Waals surface area contributed by atoms with E-state index in [1.807, 2.05) is 23.9 Å². The van der Waals surface area contributed by atoms with Crippen molar-refractivity contribution in [1.82, 2.24) is 14.9 Å². The summed E-state index contributed by atoms with van der Waals surface area (Å²) in [5.74, 6) is 1.06. The van der Waals surface area contributed by atoms with Gasteiger partial charge in [0.1, 0.15) is 5.82 Å². The standard InChI is InChI=1S/C18H27N5O2/c1-22(2)17-20-15-13(16(21-17)19-12-3-4-12)5-6-18(15)7-9-23(10-8-18)11-14(24)25/h12H,3-11H2,1-2H3,(H,24,25)(H,19,20,21). The number of nitrogens with one attached hydrogen (secondary N) is 1. The summed E-state index contributed by atoms with van der Waals surface area (Å²) in [7, 11) is 3.97. The second-order valence-electron chi connectivity index (χ2n) is 7.96. The highest BCUT2D eigenvalue weighted by Crippen LogP contribution is 2.47. The zero-order valence-corrected chi connectivity index (χ0v) is 15.1. The largest absolute Gasteiger partial charge is 0.480 e. The molecule has 0 unspecified atom stereocenters. The summed E-state index contributed by atoms with van der Waals surface area (Å²) in [6.45, 7) is 1.81. The Labute approximate surface area is 148 Å². The second-order valence-corrected chi connectivity index (χ2v) is 7.96. The van der Waals surface area contributed by atoms with E-state index in [9.17, 15) is 4.79 Å². The highest BCUT2D eigenvalue weighted by molar-refractivity contribution is 5.69. The summed E-state index contributed by atoms with van der Waals surface area (Å²) in [6.07, 6.45) is 6.56. The van der Waals surface area contributed by atoms with E-state index in [4.69, 9.17) is 15.1 Å². The van der Waals surface area contributed by atoms with Crippen LogP contribution in [0.1, 0.15) is 43.4 Å². The Morgan fingerprint density at radius 3 is 2.60 bits per heavy atom. The van der Waals surface area contributed by atoms with Crippen molar-refractivity contribution >= 4 is 17.7 Å². The van der Waals surface area contributed by atoms with E-state index in [-0.39, 0.29) is 12.0 Å². The molecule has 3 aliphatic rings. The molecule has 0 radical (unpaired) electrons. The molecule has 0 bridgehead atoms. The molecule has 4 rings (SSSR count). The number of nitrogens with zero attached hydrogens (tertiary/aromatic N) is 4. The van der Waals surface area contributed by atoms with Gasteiger partial charge in [0, 0.05) is 31.1 Å². The molecule has 7 heteroatoms. The van der Waals surface area contributed by atoms with Gasteiger partial charge in [0.2, 0.25) is 5.95 Å². The molecule has 7 nitrogen and oxygen atoms in total. The van der Waals surface area contributed by atoms with Gasteiger partial charge in [0.25, 0.3) is 0 Å². The first-order chi connectivity index (χ1) is 12.0. The third-order valence-electron chi connectivity index (χ3n) is 5.84. The molecule has 0 atom stereocenters. The fourth-order valence-corrected chi connectivity index (χ4v) is 4.19. The molecule has 2 heterocycles. The van der Waals surface area contributed by atoms with E-state index in [2.05, 4.69) is 5.32 Å². The predicted molar refractivity (Wildman–Crippen MR) is 96.3 cm³/mol. The minimum atomic E-state index is -0.740. The summed E-state index contributed by atoms with van der Waals surface area (Å²) in [4.78, 5) is 24.7. The molecule has 1 aromatic rings. The molecule has 0 amide bonds. The molecule has 2 fully saturated rings. The number of rotatable bonds is 5. The molecule has 1 spiro atoms. The average molecular weight is 345 g/mol.